The van der Waals surface area contributed by atoms with Gasteiger partial charge in [-0.1, -0.05) is 29.7 Å². The number of ether oxygens (including phenoxy) is 10. The quantitative estimate of drug-likeness (QED) is 0.0378. The maximum Gasteiger partial charge on any atom is 0.344 e. The number of rotatable bonds is 41. The van der Waals surface area contributed by atoms with Crippen LogP contribution < -0.4 is 10.6 Å². The Hall–Kier alpha value is -5.62. The zero-order valence-electron chi connectivity index (χ0n) is 48.0. The van der Waals surface area contributed by atoms with Crippen LogP contribution in [0.4, 0.5) is 0 Å². The van der Waals surface area contributed by atoms with Crippen molar-refractivity contribution in [3.05, 3.63) is 0 Å². The minimum Gasteiger partial charge on any atom is -0.463 e. The normalized spacial score (nSPS) is 16.0. The van der Waals surface area contributed by atoms with Crippen molar-refractivity contribution < 1.29 is 95.3 Å². The Kier molecular flexibility index (Phi) is 47.1. The Balaban J connectivity index is 0.0000181. The molecule has 0 saturated carbocycles. The van der Waals surface area contributed by atoms with E-state index in [0.717, 1.165) is 52.4 Å². The van der Waals surface area contributed by atoms with Crippen LogP contribution in [0.3, 0.4) is 0 Å². The number of esters is 10. The van der Waals surface area contributed by atoms with Crippen molar-refractivity contribution in [1.82, 2.24) is 40.0 Å². The molecule has 28 heteroatoms. The molecule has 4 fully saturated rings. The summed E-state index contributed by atoms with van der Waals surface area (Å²) in [5.74, 6) is -4.95. The summed E-state index contributed by atoms with van der Waals surface area (Å²) in [6.45, 7) is 14.2. The molecule has 0 unspecified atom stereocenters. The van der Waals surface area contributed by atoms with Crippen LogP contribution >= 0.6 is 0 Å². The maximum atomic E-state index is 12.2. The number of nitrogens with zero attached hydrogens (tertiary/aromatic N) is 6. The second kappa shape index (κ2) is 50.4. The molecule has 0 aliphatic carbocycles. The van der Waals surface area contributed by atoms with Crippen molar-refractivity contribution in [1.29, 1.82) is 0 Å². The summed E-state index contributed by atoms with van der Waals surface area (Å²) < 4.78 is 50.8. The van der Waals surface area contributed by atoms with Crippen LogP contribution in [0.2, 0.25) is 0 Å². The van der Waals surface area contributed by atoms with Gasteiger partial charge in [-0.2, -0.15) is 0 Å². The highest BCUT2D eigenvalue weighted by atomic mass is 16.7. The van der Waals surface area contributed by atoms with Gasteiger partial charge in [0.25, 0.3) is 0 Å². The summed E-state index contributed by atoms with van der Waals surface area (Å²) >= 11 is 0. The van der Waals surface area contributed by atoms with Gasteiger partial charge < -0.3 is 87.4 Å². The third-order valence-electron chi connectivity index (χ3n) is 13.9. The molecule has 4 rings (SSSR count). The molecule has 0 amide bonds. The zero-order valence-corrected chi connectivity index (χ0v) is 48.0. The molecule has 4 saturated heterocycles. The number of hydrogen-bond acceptors (Lipinski definition) is 28. The molecule has 86 heavy (non-hydrogen) atoms. The summed E-state index contributed by atoms with van der Waals surface area (Å²) in [5.41, 5.74) is 0. The average molecular weight is 1240 g/mol. The summed E-state index contributed by atoms with van der Waals surface area (Å²) in [7, 11) is 0. The summed E-state index contributed by atoms with van der Waals surface area (Å²) in [6, 6.07) is 0. The number of unbranched alkanes of at least 4 members (excludes halogenated alkanes) is 4. The molecule has 4 aliphatic rings. The van der Waals surface area contributed by atoms with Crippen molar-refractivity contribution >= 4 is 59.7 Å². The standard InChI is InChI=1S/C54H90N8O20.4CH4/c63-45(7-3-1-5-37-73-53(71)41-77-47(65)9-21-59-29-33-61(34-30-59)23-13-51(69)81-43-79-49(67)11-19-57-25-15-55-16-26-57)75-39-40-76-46(64)8-4-2-6-38-74-54(72)42-78-48(66)10-22-60-31-35-62(36-32-60)24-14-52(70)82-44-80-50(68)12-20-58-27-17-56-18-28-58;;;;/h55-56H,1-44H2;4*1H4. The van der Waals surface area contributed by atoms with E-state index in [1.54, 1.807) is 0 Å². The van der Waals surface area contributed by atoms with E-state index in [0.29, 0.717) is 130 Å². The highest BCUT2D eigenvalue weighted by Crippen LogP contribution is 2.09. The van der Waals surface area contributed by atoms with Gasteiger partial charge >= 0.3 is 59.7 Å². The molecule has 0 spiro atoms. The van der Waals surface area contributed by atoms with Crippen LogP contribution in [0.5, 0.6) is 0 Å². The highest BCUT2D eigenvalue weighted by Gasteiger charge is 2.22. The summed E-state index contributed by atoms with van der Waals surface area (Å²) in [6.07, 6.45) is 4.49. The van der Waals surface area contributed by atoms with Crippen molar-refractivity contribution in [2.24, 2.45) is 0 Å². The average Bonchev–Trinajstić information content (AvgIpc) is 3.68. The maximum absolute atomic E-state index is 12.2. The fraction of sp³-hybridized carbons (Fsp3) is 0.828. The highest BCUT2D eigenvalue weighted by molar-refractivity contribution is 5.77. The minimum atomic E-state index is -0.666. The lowest BCUT2D eigenvalue weighted by molar-refractivity contribution is -0.169. The molecule has 0 aromatic rings. The minimum absolute atomic E-state index is 0. The zero-order chi connectivity index (χ0) is 58.8. The van der Waals surface area contributed by atoms with Gasteiger partial charge in [0.1, 0.15) is 13.2 Å². The topological polar surface area (TPSA) is 306 Å². The molecule has 28 nitrogen and oxygen atoms in total. The van der Waals surface area contributed by atoms with E-state index < -0.39 is 86.5 Å². The molecule has 0 radical (unpaired) electrons. The van der Waals surface area contributed by atoms with E-state index in [-0.39, 0.29) is 108 Å². The predicted octanol–water partition coefficient (Wildman–Crippen LogP) is 1.38. The van der Waals surface area contributed by atoms with E-state index in [2.05, 4.69) is 40.0 Å². The lowest BCUT2D eigenvalue weighted by Crippen LogP contribution is -2.47. The molecule has 0 aromatic heterocycles. The monoisotopic (exact) mass is 1230 g/mol. The molecule has 4 aliphatic heterocycles. The SMILES string of the molecule is C.C.C.C.O=C(CCCCCOC(=O)COC(=O)CCN1CCN(CCC(=O)OCOC(=O)CCN2CCNCC2)CC1)OCCOC(=O)CCCCCOC(=O)COC(=O)CCN1CCN(CCC(=O)OCOC(=O)CCN2CCNCC2)CC1. The second-order valence-corrected chi connectivity index (χ2v) is 20.2. The lowest BCUT2D eigenvalue weighted by Gasteiger charge is -2.34. The first-order valence-electron chi connectivity index (χ1n) is 29.1. The van der Waals surface area contributed by atoms with E-state index in [1.807, 2.05) is 0 Å². The molecule has 2 N–H and O–H groups in total. The van der Waals surface area contributed by atoms with Crippen molar-refractivity contribution in [2.45, 2.75) is 120 Å². The van der Waals surface area contributed by atoms with E-state index in [9.17, 15) is 47.9 Å². The van der Waals surface area contributed by atoms with Gasteiger partial charge in [-0.25, -0.2) is 9.59 Å². The number of carbonyl (C=O) groups is 10. The Labute approximate surface area is 510 Å². The van der Waals surface area contributed by atoms with Crippen molar-refractivity contribution in [3.8, 4) is 0 Å². The van der Waals surface area contributed by atoms with Gasteiger partial charge in [0.05, 0.1) is 51.7 Å². The Morgan fingerprint density at radius 2 is 0.477 bits per heavy atom. The largest absolute Gasteiger partial charge is 0.463 e. The van der Waals surface area contributed by atoms with E-state index in [4.69, 9.17) is 47.4 Å². The number of carbonyl (C=O) groups excluding carboxylic acids is 10. The number of nitrogens with one attached hydrogen (secondary N) is 2. The van der Waals surface area contributed by atoms with Crippen molar-refractivity contribution in [3.63, 3.8) is 0 Å². The predicted molar refractivity (Wildman–Crippen MR) is 316 cm³/mol. The fourth-order valence-electron chi connectivity index (χ4n) is 8.88. The summed E-state index contributed by atoms with van der Waals surface area (Å²) in [5, 5.41) is 6.51. The smallest absolute Gasteiger partial charge is 0.344 e. The first kappa shape index (κ1) is 80.4. The lowest BCUT2D eigenvalue weighted by atomic mass is 10.2. The molecule has 0 bridgehead atoms. The second-order valence-electron chi connectivity index (χ2n) is 20.2. The van der Waals surface area contributed by atoms with Crippen LogP contribution in [-0.2, 0) is 95.3 Å². The molecule has 498 valence electrons. The van der Waals surface area contributed by atoms with Gasteiger partial charge in [-0.15, -0.1) is 0 Å². The van der Waals surface area contributed by atoms with Crippen LogP contribution in [0, 0.1) is 0 Å². The first-order valence-corrected chi connectivity index (χ1v) is 29.1. The Morgan fingerprint density at radius 1 is 0.244 bits per heavy atom. The molecule has 0 atom stereocenters. The fourth-order valence-corrected chi connectivity index (χ4v) is 8.88. The molecule has 0 aromatic carbocycles. The van der Waals surface area contributed by atoms with E-state index >= 15 is 0 Å². The van der Waals surface area contributed by atoms with E-state index in [1.165, 1.54) is 0 Å². The first-order chi connectivity index (χ1) is 39.8. The number of piperazine rings is 4. The third kappa shape index (κ3) is 40.7. The van der Waals surface area contributed by atoms with Gasteiger partial charge in [0, 0.05) is 157 Å². The Bertz CT molecular complexity index is 1790. The van der Waals surface area contributed by atoms with Gasteiger partial charge in [0.15, 0.2) is 13.2 Å². The molecular formula is C58H106N8O20. The van der Waals surface area contributed by atoms with Gasteiger partial charge in [-0.3, -0.25) is 38.4 Å². The third-order valence-corrected chi connectivity index (χ3v) is 13.9. The number of hydrogen-bond donors (Lipinski definition) is 2. The van der Waals surface area contributed by atoms with Crippen LogP contribution in [0.15, 0.2) is 0 Å². The van der Waals surface area contributed by atoms with Crippen LogP contribution in [0.25, 0.3) is 0 Å². The van der Waals surface area contributed by atoms with Crippen LogP contribution in [-0.4, -0.2) is 286 Å². The Morgan fingerprint density at radius 3 is 0.756 bits per heavy atom. The van der Waals surface area contributed by atoms with Crippen molar-refractivity contribution in [2.75, 3.05) is 197 Å². The summed E-state index contributed by atoms with van der Waals surface area (Å²) in [4.78, 5) is 134. The van der Waals surface area contributed by atoms with Crippen LogP contribution in [0.1, 0.15) is 120 Å². The van der Waals surface area contributed by atoms with Gasteiger partial charge in [-0.05, 0) is 38.5 Å². The van der Waals surface area contributed by atoms with Gasteiger partial charge in [0.2, 0.25) is 13.6 Å². The molecule has 4 heterocycles. The molecular weight excluding hydrogens is 1130 g/mol.